The molecule has 2 rings (SSSR count). The lowest BCUT2D eigenvalue weighted by atomic mass is 10.0. The van der Waals surface area contributed by atoms with Crippen LogP contribution in [-0.2, 0) is 9.53 Å². The topological polar surface area (TPSA) is 53.3 Å². The first-order valence-electron chi connectivity index (χ1n) is 6.00. The fourth-order valence-corrected chi connectivity index (χ4v) is 2.27. The highest BCUT2D eigenvalue weighted by Crippen LogP contribution is 2.29. The number of carbonyl (C=O) groups excluding carboxylic acids is 1. The molecule has 0 spiro atoms. The maximum Gasteiger partial charge on any atom is 0.258 e. The van der Waals surface area contributed by atoms with Gasteiger partial charge in [-0.15, -0.1) is 0 Å². The number of anilines is 1. The van der Waals surface area contributed by atoms with Gasteiger partial charge in [0.1, 0.15) is 11.7 Å². The molecule has 4 heteroatoms. The minimum absolute atomic E-state index is 0.0947. The zero-order valence-electron chi connectivity index (χ0n) is 10.6. The third-order valence-electron chi connectivity index (χ3n) is 3.36. The molecule has 1 aliphatic rings. The minimum atomic E-state index is -0.753. The van der Waals surface area contributed by atoms with Crippen LogP contribution in [0.4, 0.5) is 5.69 Å². The molecule has 1 atom stereocenters. The van der Waals surface area contributed by atoms with Crippen molar-refractivity contribution in [2.45, 2.75) is 25.4 Å². The smallest absolute Gasteiger partial charge is 0.258 e. The number of benzene rings is 1. The second kappa shape index (κ2) is 4.79. The highest BCUT2D eigenvalue weighted by molar-refractivity contribution is 5.99. The van der Waals surface area contributed by atoms with Crippen molar-refractivity contribution in [1.82, 2.24) is 0 Å². The van der Waals surface area contributed by atoms with Gasteiger partial charge in [-0.1, -0.05) is 12.1 Å². The van der Waals surface area contributed by atoms with E-state index >= 15 is 0 Å². The predicted molar refractivity (Wildman–Crippen MR) is 68.2 cm³/mol. The molecule has 1 aromatic rings. The van der Waals surface area contributed by atoms with Crippen molar-refractivity contribution in [2.75, 3.05) is 18.6 Å². The number of likely N-dealkylation sites (N-methyl/N-ethyl adjacent to an activating group) is 1. The minimum Gasteiger partial charge on any atom is -0.365 e. The lowest BCUT2D eigenvalue weighted by Crippen LogP contribution is -2.45. The molecular weight excluding hydrogens is 228 g/mol. The molecular formula is C14H16N2O2. The van der Waals surface area contributed by atoms with E-state index in [-0.39, 0.29) is 5.91 Å². The Bertz CT molecular complexity index is 499. The van der Waals surface area contributed by atoms with Crippen LogP contribution in [0.1, 0.15) is 25.3 Å². The van der Waals surface area contributed by atoms with Crippen LogP contribution in [0.25, 0.3) is 0 Å². The van der Waals surface area contributed by atoms with Crippen molar-refractivity contribution < 1.29 is 9.53 Å². The van der Waals surface area contributed by atoms with Crippen LogP contribution in [0.2, 0.25) is 0 Å². The van der Waals surface area contributed by atoms with Gasteiger partial charge in [-0.2, -0.15) is 5.26 Å². The number of carbonyl (C=O) groups is 1. The summed E-state index contributed by atoms with van der Waals surface area (Å²) in [6, 6.07) is 9.18. The van der Waals surface area contributed by atoms with E-state index in [0.29, 0.717) is 17.9 Å². The fourth-order valence-electron chi connectivity index (χ4n) is 2.27. The van der Waals surface area contributed by atoms with E-state index in [1.54, 1.807) is 25.2 Å². The van der Waals surface area contributed by atoms with E-state index in [4.69, 9.17) is 10.00 Å². The highest BCUT2D eigenvalue weighted by Gasteiger charge is 2.40. The number of para-hydroxylation sites is 1. The third kappa shape index (κ3) is 2.09. The van der Waals surface area contributed by atoms with Crippen molar-refractivity contribution in [2.24, 2.45) is 0 Å². The van der Waals surface area contributed by atoms with Gasteiger partial charge in [-0.25, -0.2) is 0 Å². The number of rotatable bonds is 2. The number of ether oxygens (including phenoxy) is 1. The summed E-state index contributed by atoms with van der Waals surface area (Å²) >= 11 is 0. The number of nitrogens with zero attached hydrogens (tertiary/aromatic N) is 2. The van der Waals surface area contributed by atoms with Crippen molar-refractivity contribution in [3.8, 4) is 6.07 Å². The molecule has 0 aromatic heterocycles. The fraction of sp³-hybridized carbons (Fsp3) is 0.429. The van der Waals surface area contributed by atoms with Crippen molar-refractivity contribution in [1.29, 1.82) is 5.26 Å². The predicted octanol–water partition coefficient (Wildman–Crippen LogP) is 2.09. The number of nitriles is 1. The van der Waals surface area contributed by atoms with Crippen molar-refractivity contribution in [3.05, 3.63) is 29.8 Å². The monoisotopic (exact) mass is 244 g/mol. The van der Waals surface area contributed by atoms with Crippen LogP contribution >= 0.6 is 0 Å². The molecule has 1 unspecified atom stereocenters. The first-order valence-corrected chi connectivity index (χ1v) is 6.00. The summed E-state index contributed by atoms with van der Waals surface area (Å²) in [6.45, 7) is 2.43. The van der Waals surface area contributed by atoms with Gasteiger partial charge < -0.3 is 9.64 Å². The van der Waals surface area contributed by atoms with Crippen LogP contribution in [0, 0.1) is 11.3 Å². The van der Waals surface area contributed by atoms with Crippen LogP contribution in [0.5, 0.6) is 0 Å². The Balaban J connectivity index is 2.29. The average Bonchev–Trinajstić information content (AvgIpc) is 2.85. The molecule has 0 aliphatic carbocycles. The van der Waals surface area contributed by atoms with E-state index in [1.807, 2.05) is 13.0 Å². The third-order valence-corrected chi connectivity index (χ3v) is 3.36. The van der Waals surface area contributed by atoms with Gasteiger partial charge in [0.2, 0.25) is 0 Å². The molecule has 1 heterocycles. The molecule has 1 saturated heterocycles. The molecule has 1 amide bonds. The number of hydrogen-bond acceptors (Lipinski definition) is 3. The zero-order chi connectivity index (χ0) is 13.2. The van der Waals surface area contributed by atoms with Gasteiger partial charge >= 0.3 is 0 Å². The molecule has 1 aromatic carbocycles. The molecule has 1 fully saturated rings. The Morgan fingerprint density at radius 3 is 2.83 bits per heavy atom. The quantitative estimate of drug-likeness (QED) is 0.800. The molecule has 1 aliphatic heterocycles. The van der Waals surface area contributed by atoms with Crippen molar-refractivity contribution in [3.63, 3.8) is 0 Å². The Hall–Kier alpha value is -1.86. The van der Waals surface area contributed by atoms with Gasteiger partial charge in [-0.3, -0.25) is 4.79 Å². The summed E-state index contributed by atoms with van der Waals surface area (Å²) in [5.74, 6) is -0.0947. The Morgan fingerprint density at radius 2 is 2.22 bits per heavy atom. The number of hydrogen-bond donors (Lipinski definition) is 0. The van der Waals surface area contributed by atoms with Crippen LogP contribution in [0.15, 0.2) is 24.3 Å². The normalized spacial score (nSPS) is 22.5. The zero-order valence-corrected chi connectivity index (χ0v) is 10.6. The maximum absolute atomic E-state index is 12.4. The van der Waals surface area contributed by atoms with Crippen LogP contribution < -0.4 is 4.90 Å². The Morgan fingerprint density at radius 1 is 1.50 bits per heavy atom. The standard InChI is InChI=1S/C14H16N2O2/c1-14(8-5-9-18-14)13(17)16(2)12-7-4-3-6-11(12)10-15/h3-4,6-7H,5,8-9H2,1-2H3. The summed E-state index contributed by atoms with van der Waals surface area (Å²) < 4.78 is 5.54. The molecule has 18 heavy (non-hydrogen) atoms. The largest absolute Gasteiger partial charge is 0.365 e. The van der Waals surface area contributed by atoms with Gasteiger partial charge in [0.15, 0.2) is 0 Å². The lowest BCUT2D eigenvalue weighted by Gasteiger charge is -2.28. The van der Waals surface area contributed by atoms with E-state index in [9.17, 15) is 4.79 Å². The summed E-state index contributed by atoms with van der Waals surface area (Å²) in [5, 5.41) is 9.06. The first-order chi connectivity index (χ1) is 8.58. The molecule has 0 saturated carbocycles. The lowest BCUT2D eigenvalue weighted by molar-refractivity contribution is -0.136. The molecule has 0 radical (unpaired) electrons. The van der Waals surface area contributed by atoms with Gasteiger partial charge in [0, 0.05) is 13.7 Å². The second-order valence-corrected chi connectivity index (χ2v) is 4.68. The summed E-state index contributed by atoms with van der Waals surface area (Å²) in [6.07, 6.45) is 1.63. The van der Waals surface area contributed by atoms with E-state index < -0.39 is 5.60 Å². The van der Waals surface area contributed by atoms with Crippen molar-refractivity contribution >= 4 is 11.6 Å². The average molecular weight is 244 g/mol. The maximum atomic E-state index is 12.4. The van der Waals surface area contributed by atoms with E-state index in [1.165, 1.54) is 4.90 Å². The highest BCUT2D eigenvalue weighted by atomic mass is 16.5. The molecule has 94 valence electrons. The van der Waals surface area contributed by atoms with Gasteiger partial charge in [0.05, 0.1) is 11.3 Å². The summed E-state index contributed by atoms with van der Waals surface area (Å²) in [4.78, 5) is 13.9. The molecule has 4 nitrogen and oxygen atoms in total. The van der Waals surface area contributed by atoms with Gasteiger partial charge in [0.25, 0.3) is 5.91 Å². The summed E-state index contributed by atoms with van der Waals surface area (Å²) in [5.41, 5.74) is 0.369. The Labute approximate surface area is 107 Å². The Kier molecular flexibility index (Phi) is 3.35. The SMILES string of the molecule is CN(C(=O)C1(C)CCCO1)c1ccccc1C#N. The first kappa shape index (κ1) is 12.6. The summed E-state index contributed by atoms with van der Waals surface area (Å²) in [7, 11) is 1.69. The van der Waals surface area contributed by atoms with Crippen LogP contribution in [0.3, 0.4) is 0 Å². The molecule has 0 N–H and O–H groups in total. The van der Waals surface area contributed by atoms with E-state index in [0.717, 1.165) is 12.8 Å². The molecule has 0 bridgehead atoms. The number of amides is 1. The van der Waals surface area contributed by atoms with Gasteiger partial charge in [-0.05, 0) is 31.9 Å². The second-order valence-electron chi connectivity index (χ2n) is 4.68. The van der Waals surface area contributed by atoms with Crippen LogP contribution in [-0.4, -0.2) is 25.2 Å². The van der Waals surface area contributed by atoms with E-state index in [2.05, 4.69) is 6.07 Å².